The van der Waals surface area contributed by atoms with Crippen LogP contribution >= 0.6 is 0 Å². The Bertz CT molecular complexity index is 1100. The smallest absolute Gasteiger partial charge is 0.255 e. The van der Waals surface area contributed by atoms with Crippen molar-refractivity contribution in [3.8, 4) is 11.5 Å². The minimum atomic E-state index is -0.625. The zero-order valence-electron chi connectivity index (χ0n) is 19.1. The summed E-state index contributed by atoms with van der Waals surface area (Å²) >= 11 is 0. The average Bonchev–Trinajstić information content (AvgIpc) is 3.21. The molecule has 0 spiro atoms. The van der Waals surface area contributed by atoms with E-state index >= 15 is 0 Å². The van der Waals surface area contributed by atoms with E-state index in [0.29, 0.717) is 53.2 Å². The van der Waals surface area contributed by atoms with E-state index in [1.807, 2.05) is 19.9 Å². The number of aryl methyl sites for hydroxylation is 1. The fourth-order valence-corrected chi connectivity index (χ4v) is 3.06. The number of hydrogen-bond acceptors (Lipinski definition) is 7. The first-order valence-electron chi connectivity index (χ1n) is 10.7. The summed E-state index contributed by atoms with van der Waals surface area (Å²) in [6.45, 7) is 7.94. The Morgan fingerprint density at radius 2 is 1.61 bits per heavy atom. The Morgan fingerprint density at radius 3 is 2.21 bits per heavy atom. The van der Waals surface area contributed by atoms with Gasteiger partial charge in [0.15, 0.2) is 5.82 Å². The molecule has 0 aliphatic heterocycles. The maximum absolute atomic E-state index is 12.7. The number of hydrogen-bond donors (Lipinski definition) is 3. The van der Waals surface area contributed by atoms with Gasteiger partial charge >= 0.3 is 0 Å². The largest absolute Gasteiger partial charge is 0.492 e. The Labute approximate surface area is 192 Å². The van der Waals surface area contributed by atoms with Crippen molar-refractivity contribution >= 4 is 29.0 Å². The van der Waals surface area contributed by atoms with Crippen molar-refractivity contribution in [3.63, 3.8) is 0 Å². The van der Waals surface area contributed by atoms with Crippen LogP contribution < -0.4 is 25.4 Å². The van der Waals surface area contributed by atoms with Crippen LogP contribution in [-0.4, -0.2) is 36.2 Å². The van der Waals surface area contributed by atoms with Crippen LogP contribution in [-0.2, 0) is 4.79 Å². The van der Waals surface area contributed by atoms with E-state index in [0.717, 1.165) is 0 Å². The van der Waals surface area contributed by atoms with Gasteiger partial charge in [0.1, 0.15) is 23.3 Å². The van der Waals surface area contributed by atoms with Gasteiger partial charge in [-0.1, -0.05) is 23.4 Å². The molecule has 1 aromatic heterocycles. The predicted molar refractivity (Wildman–Crippen MR) is 126 cm³/mol. The van der Waals surface area contributed by atoms with E-state index < -0.39 is 6.04 Å². The normalized spacial score (nSPS) is 11.4. The zero-order valence-corrected chi connectivity index (χ0v) is 19.1. The van der Waals surface area contributed by atoms with Crippen LogP contribution in [0.4, 0.5) is 17.2 Å². The molecule has 0 saturated heterocycles. The van der Waals surface area contributed by atoms with Gasteiger partial charge in [-0.3, -0.25) is 9.59 Å². The van der Waals surface area contributed by atoms with Gasteiger partial charge < -0.3 is 29.9 Å². The fourth-order valence-electron chi connectivity index (χ4n) is 3.06. The number of nitrogens with zero attached hydrogens (tertiary/aromatic N) is 1. The van der Waals surface area contributed by atoms with Crippen molar-refractivity contribution in [1.82, 2.24) is 5.16 Å². The summed E-state index contributed by atoms with van der Waals surface area (Å²) in [4.78, 5) is 25.3. The zero-order chi connectivity index (χ0) is 23.8. The van der Waals surface area contributed by atoms with Crippen LogP contribution in [0.25, 0.3) is 0 Å². The van der Waals surface area contributed by atoms with E-state index in [-0.39, 0.29) is 11.8 Å². The number of carbonyl (C=O) groups excluding carboxylic acids is 2. The number of anilines is 3. The van der Waals surface area contributed by atoms with Crippen molar-refractivity contribution in [2.24, 2.45) is 0 Å². The van der Waals surface area contributed by atoms with Crippen LogP contribution in [0.3, 0.4) is 0 Å². The number of carbonyl (C=O) groups is 2. The van der Waals surface area contributed by atoms with Crippen LogP contribution in [0, 0.1) is 6.92 Å². The highest BCUT2D eigenvalue weighted by molar-refractivity contribution is 6.05. The first-order valence-corrected chi connectivity index (χ1v) is 10.7. The second-order valence-electron chi connectivity index (χ2n) is 7.21. The van der Waals surface area contributed by atoms with Gasteiger partial charge in [0.2, 0.25) is 5.91 Å². The molecule has 2 aromatic carbocycles. The molecule has 0 saturated carbocycles. The first-order chi connectivity index (χ1) is 15.9. The van der Waals surface area contributed by atoms with Crippen LogP contribution in [0.15, 0.2) is 53.1 Å². The van der Waals surface area contributed by atoms with Crippen molar-refractivity contribution in [1.29, 1.82) is 0 Å². The van der Waals surface area contributed by atoms with Crippen molar-refractivity contribution < 1.29 is 23.6 Å². The maximum atomic E-state index is 12.7. The number of aromatic nitrogens is 1. The molecule has 0 aliphatic carbocycles. The van der Waals surface area contributed by atoms with E-state index in [2.05, 4.69) is 21.1 Å². The highest BCUT2D eigenvalue weighted by atomic mass is 16.5. The molecule has 1 unspecified atom stereocenters. The van der Waals surface area contributed by atoms with Gasteiger partial charge in [0.05, 0.1) is 24.6 Å². The molecule has 174 valence electrons. The van der Waals surface area contributed by atoms with Crippen molar-refractivity contribution in [3.05, 3.63) is 59.9 Å². The SMILES string of the molecule is CCOc1cc(NC(C)C(=O)Nc2cc(C)on2)c(OCC)cc1NC(=O)c1ccccc1. The lowest BCUT2D eigenvalue weighted by Crippen LogP contribution is -2.32. The second-order valence-corrected chi connectivity index (χ2v) is 7.21. The van der Waals surface area contributed by atoms with Crippen molar-refractivity contribution in [2.45, 2.75) is 33.7 Å². The third kappa shape index (κ3) is 6.25. The molecule has 2 amide bonds. The number of benzene rings is 2. The van der Waals surface area contributed by atoms with Gasteiger partial charge in [-0.05, 0) is 39.8 Å². The van der Waals surface area contributed by atoms with Crippen LogP contribution in [0.5, 0.6) is 11.5 Å². The monoisotopic (exact) mass is 452 g/mol. The summed E-state index contributed by atoms with van der Waals surface area (Å²) in [6, 6.07) is 13.3. The molecule has 9 nitrogen and oxygen atoms in total. The van der Waals surface area contributed by atoms with Gasteiger partial charge in [-0.2, -0.15) is 0 Å². The molecule has 1 atom stereocenters. The summed E-state index contributed by atoms with van der Waals surface area (Å²) in [7, 11) is 0. The number of ether oxygens (including phenoxy) is 2. The van der Waals surface area contributed by atoms with Crippen LogP contribution in [0.2, 0.25) is 0 Å². The molecule has 0 radical (unpaired) electrons. The lowest BCUT2D eigenvalue weighted by molar-refractivity contribution is -0.116. The summed E-state index contributed by atoms with van der Waals surface area (Å²) in [5, 5.41) is 12.5. The fraction of sp³-hybridized carbons (Fsp3) is 0.292. The summed E-state index contributed by atoms with van der Waals surface area (Å²) in [6.07, 6.45) is 0. The lowest BCUT2D eigenvalue weighted by Gasteiger charge is -2.20. The molecule has 33 heavy (non-hydrogen) atoms. The molecule has 0 bridgehead atoms. The molecule has 3 N–H and O–H groups in total. The minimum Gasteiger partial charge on any atom is -0.492 e. The molecule has 3 aromatic rings. The molecule has 0 aliphatic rings. The van der Waals surface area contributed by atoms with Gasteiger partial charge in [-0.25, -0.2) is 0 Å². The minimum absolute atomic E-state index is 0.268. The van der Waals surface area contributed by atoms with Gasteiger partial charge in [-0.15, -0.1) is 0 Å². The Morgan fingerprint density at radius 1 is 0.970 bits per heavy atom. The average molecular weight is 453 g/mol. The Balaban J connectivity index is 1.83. The Kier molecular flexibility index (Phi) is 7.91. The van der Waals surface area contributed by atoms with Crippen LogP contribution in [0.1, 0.15) is 36.9 Å². The number of rotatable bonds is 10. The topological polar surface area (TPSA) is 115 Å². The highest BCUT2D eigenvalue weighted by Crippen LogP contribution is 2.37. The van der Waals surface area contributed by atoms with E-state index in [1.54, 1.807) is 56.3 Å². The summed E-state index contributed by atoms with van der Waals surface area (Å²) < 4.78 is 16.5. The van der Waals surface area contributed by atoms with Gasteiger partial charge in [0.25, 0.3) is 5.91 Å². The second kappa shape index (κ2) is 11.0. The number of amides is 2. The third-order valence-electron chi connectivity index (χ3n) is 4.61. The molecular weight excluding hydrogens is 424 g/mol. The van der Waals surface area contributed by atoms with E-state index in [9.17, 15) is 9.59 Å². The number of nitrogens with one attached hydrogen (secondary N) is 3. The molecule has 0 fully saturated rings. The molecule has 1 heterocycles. The lowest BCUT2D eigenvalue weighted by atomic mass is 10.1. The Hall–Kier alpha value is -4.01. The molecule has 9 heteroatoms. The van der Waals surface area contributed by atoms with E-state index in [4.69, 9.17) is 14.0 Å². The third-order valence-corrected chi connectivity index (χ3v) is 4.61. The quantitative estimate of drug-likeness (QED) is 0.416. The maximum Gasteiger partial charge on any atom is 0.255 e. The highest BCUT2D eigenvalue weighted by Gasteiger charge is 2.20. The van der Waals surface area contributed by atoms with Gasteiger partial charge in [0, 0.05) is 23.8 Å². The standard InChI is InChI=1S/C24H28N4O5/c1-5-31-20-14-19(26-24(30)17-10-8-7-9-11-17)21(32-6-2)13-18(20)25-16(4)23(29)27-22-12-15(3)33-28-22/h7-14,16,25H,5-6H2,1-4H3,(H,26,30)(H,27,28,29). The molecule has 3 rings (SSSR count). The van der Waals surface area contributed by atoms with E-state index in [1.165, 1.54) is 0 Å². The van der Waals surface area contributed by atoms with Crippen molar-refractivity contribution in [2.75, 3.05) is 29.2 Å². The first kappa shape index (κ1) is 23.6. The summed E-state index contributed by atoms with van der Waals surface area (Å²) in [5.41, 5.74) is 1.54. The summed E-state index contributed by atoms with van der Waals surface area (Å²) in [5.74, 6) is 1.29. The molecular formula is C24H28N4O5. The predicted octanol–water partition coefficient (Wildman–Crippen LogP) is 4.47.